The van der Waals surface area contributed by atoms with Gasteiger partial charge in [0.2, 0.25) is 0 Å². The van der Waals surface area contributed by atoms with Crippen LogP contribution in [0.15, 0.2) is 36.4 Å². The minimum Gasteiger partial charge on any atom is -0.462 e. The molecule has 0 atom stereocenters. The molecule has 0 saturated carbocycles. The van der Waals surface area contributed by atoms with E-state index in [0.29, 0.717) is 23.1 Å². The largest absolute Gasteiger partial charge is 0.462 e. The van der Waals surface area contributed by atoms with Crippen LogP contribution in [0.1, 0.15) is 30.6 Å². The molecule has 0 N–H and O–H groups in total. The number of esters is 1. The molecule has 6 nitrogen and oxygen atoms in total. The summed E-state index contributed by atoms with van der Waals surface area (Å²) in [7, 11) is 0. The van der Waals surface area contributed by atoms with E-state index in [2.05, 4.69) is 0 Å². The maximum absolute atomic E-state index is 12.2. The second kappa shape index (κ2) is 8.87. The Kier molecular flexibility index (Phi) is 6.83. The Balaban J connectivity index is 2.26. The number of benzene rings is 2. The van der Waals surface area contributed by atoms with Crippen molar-refractivity contribution in [1.29, 1.82) is 0 Å². The monoisotopic (exact) mass is 397 g/mol. The van der Waals surface area contributed by atoms with Gasteiger partial charge in [-0.1, -0.05) is 37.0 Å². The highest BCUT2D eigenvalue weighted by Gasteiger charge is 2.23. The van der Waals surface area contributed by atoms with Crippen LogP contribution in [0.3, 0.4) is 0 Å². The summed E-state index contributed by atoms with van der Waals surface area (Å²) in [4.78, 5) is 22.8. The first kappa shape index (κ1) is 20.0. The molecule has 0 spiro atoms. The van der Waals surface area contributed by atoms with Crippen LogP contribution in [-0.2, 0) is 4.74 Å². The van der Waals surface area contributed by atoms with Gasteiger partial charge in [0.25, 0.3) is 5.69 Å². The van der Waals surface area contributed by atoms with E-state index >= 15 is 0 Å². The average molecular weight is 398 g/mol. The molecule has 138 valence electrons. The molecule has 0 fully saturated rings. The summed E-state index contributed by atoms with van der Waals surface area (Å²) in [5.41, 5.74) is -0.532. The van der Waals surface area contributed by atoms with Crippen molar-refractivity contribution in [3.05, 3.63) is 62.1 Å². The van der Waals surface area contributed by atoms with Gasteiger partial charge in [0.1, 0.15) is 17.1 Å². The number of rotatable bonds is 7. The van der Waals surface area contributed by atoms with Crippen molar-refractivity contribution in [2.75, 3.05) is 6.61 Å². The third kappa shape index (κ3) is 5.34. The minimum atomic E-state index is -0.773. The Morgan fingerprint density at radius 3 is 2.54 bits per heavy atom. The van der Waals surface area contributed by atoms with Gasteiger partial charge in [-0.25, -0.2) is 4.79 Å². The van der Waals surface area contributed by atoms with E-state index in [4.69, 9.17) is 32.7 Å². The lowest BCUT2D eigenvalue weighted by Crippen LogP contribution is -2.10. The first-order valence-corrected chi connectivity index (χ1v) is 8.62. The first-order chi connectivity index (χ1) is 12.3. The van der Waals surface area contributed by atoms with Crippen molar-refractivity contribution in [1.82, 2.24) is 0 Å². The molecule has 0 bridgehead atoms. The van der Waals surface area contributed by atoms with Gasteiger partial charge in [0.15, 0.2) is 0 Å². The predicted octanol–water partition coefficient (Wildman–Crippen LogP) is 5.90. The SMILES string of the molecule is CC(C)CCOC(=O)c1cc(Oc2ccc(Cl)cc2Cl)ccc1[N+](=O)[O-]. The first-order valence-electron chi connectivity index (χ1n) is 7.86. The highest BCUT2D eigenvalue weighted by Crippen LogP contribution is 2.33. The predicted molar refractivity (Wildman–Crippen MR) is 99.4 cm³/mol. The van der Waals surface area contributed by atoms with Gasteiger partial charge in [-0.15, -0.1) is 0 Å². The quantitative estimate of drug-likeness (QED) is 0.330. The second-order valence-corrected chi connectivity index (χ2v) is 6.77. The van der Waals surface area contributed by atoms with Gasteiger partial charge >= 0.3 is 5.97 Å². The summed E-state index contributed by atoms with van der Waals surface area (Å²) < 4.78 is 10.7. The molecular formula is C18H17Cl2NO5. The van der Waals surface area contributed by atoms with Crippen LogP contribution in [0.4, 0.5) is 5.69 Å². The van der Waals surface area contributed by atoms with E-state index in [1.165, 1.54) is 24.3 Å². The molecule has 2 aromatic rings. The summed E-state index contributed by atoms with van der Waals surface area (Å²) in [6.45, 7) is 4.16. The Hall–Kier alpha value is -2.31. The Labute approximate surface area is 160 Å². The van der Waals surface area contributed by atoms with Crippen molar-refractivity contribution in [3.63, 3.8) is 0 Å². The van der Waals surface area contributed by atoms with Gasteiger partial charge in [-0.2, -0.15) is 0 Å². The summed E-state index contributed by atoms with van der Waals surface area (Å²) in [6.07, 6.45) is 0.663. The molecule has 2 aromatic carbocycles. The molecule has 2 rings (SSSR count). The van der Waals surface area contributed by atoms with E-state index in [1.807, 2.05) is 13.8 Å². The molecule has 0 heterocycles. The zero-order valence-electron chi connectivity index (χ0n) is 14.2. The topological polar surface area (TPSA) is 78.7 Å². The number of carbonyl (C=O) groups is 1. The third-order valence-corrected chi connectivity index (χ3v) is 3.97. The van der Waals surface area contributed by atoms with E-state index in [1.54, 1.807) is 12.1 Å². The minimum absolute atomic E-state index is 0.179. The van der Waals surface area contributed by atoms with Crippen LogP contribution < -0.4 is 4.74 Å². The Bertz CT molecular complexity index is 823. The van der Waals surface area contributed by atoms with Crippen molar-refractivity contribution in [2.24, 2.45) is 5.92 Å². The van der Waals surface area contributed by atoms with Crippen LogP contribution in [-0.4, -0.2) is 17.5 Å². The summed E-state index contributed by atoms with van der Waals surface area (Å²) in [5.74, 6) is 0.101. The van der Waals surface area contributed by atoms with Gasteiger partial charge < -0.3 is 9.47 Å². The van der Waals surface area contributed by atoms with Crippen LogP contribution in [0.2, 0.25) is 10.0 Å². The lowest BCUT2D eigenvalue weighted by molar-refractivity contribution is -0.385. The zero-order chi connectivity index (χ0) is 19.3. The van der Waals surface area contributed by atoms with Crippen LogP contribution >= 0.6 is 23.2 Å². The highest BCUT2D eigenvalue weighted by molar-refractivity contribution is 6.35. The number of nitro groups is 1. The number of ether oxygens (including phenoxy) is 2. The molecule has 0 aliphatic carbocycles. The molecule has 8 heteroatoms. The lowest BCUT2D eigenvalue weighted by atomic mass is 10.1. The molecule has 0 aliphatic rings. The number of carbonyl (C=O) groups excluding carboxylic acids is 1. The van der Waals surface area contributed by atoms with E-state index < -0.39 is 10.9 Å². The molecule has 0 amide bonds. The molecule has 0 saturated heterocycles. The molecule has 0 radical (unpaired) electrons. The molecular weight excluding hydrogens is 381 g/mol. The Morgan fingerprint density at radius 1 is 1.19 bits per heavy atom. The van der Waals surface area contributed by atoms with Gasteiger partial charge in [0.05, 0.1) is 16.6 Å². The van der Waals surface area contributed by atoms with Gasteiger partial charge in [-0.05, 0) is 36.6 Å². The number of hydrogen-bond acceptors (Lipinski definition) is 5. The van der Waals surface area contributed by atoms with Crippen LogP contribution in [0.25, 0.3) is 0 Å². The van der Waals surface area contributed by atoms with Crippen molar-refractivity contribution in [3.8, 4) is 11.5 Å². The fourth-order valence-electron chi connectivity index (χ4n) is 2.05. The molecule has 0 aliphatic heterocycles. The van der Waals surface area contributed by atoms with Gasteiger partial charge in [0, 0.05) is 17.2 Å². The number of nitrogens with zero attached hydrogens (tertiary/aromatic N) is 1. The molecule has 26 heavy (non-hydrogen) atoms. The van der Waals surface area contributed by atoms with E-state index in [9.17, 15) is 14.9 Å². The normalized spacial score (nSPS) is 10.7. The third-order valence-electron chi connectivity index (χ3n) is 3.43. The van der Waals surface area contributed by atoms with E-state index in [0.717, 1.165) is 0 Å². The lowest BCUT2D eigenvalue weighted by Gasteiger charge is -2.10. The van der Waals surface area contributed by atoms with Crippen LogP contribution in [0, 0.1) is 16.0 Å². The van der Waals surface area contributed by atoms with Gasteiger partial charge in [-0.3, -0.25) is 10.1 Å². The summed E-state index contributed by atoms with van der Waals surface area (Å²) >= 11 is 11.9. The van der Waals surface area contributed by atoms with Crippen molar-refractivity contribution < 1.29 is 19.2 Å². The number of halogens is 2. The zero-order valence-corrected chi connectivity index (χ0v) is 15.7. The van der Waals surface area contributed by atoms with Crippen molar-refractivity contribution >= 4 is 34.9 Å². The maximum atomic E-state index is 12.2. The summed E-state index contributed by atoms with van der Waals surface area (Å²) in [6, 6.07) is 8.50. The second-order valence-electron chi connectivity index (χ2n) is 5.93. The smallest absolute Gasteiger partial charge is 0.345 e. The van der Waals surface area contributed by atoms with Crippen molar-refractivity contribution in [2.45, 2.75) is 20.3 Å². The molecule has 0 aromatic heterocycles. The average Bonchev–Trinajstić information content (AvgIpc) is 2.56. The maximum Gasteiger partial charge on any atom is 0.345 e. The fraction of sp³-hybridized carbons (Fsp3) is 0.278. The molecule has 0 unspecified atom stereocenters. The fourth-order valence-corrected chi connectivity index (χ4v) is 2.50. The van der Waals surface area contributed by atoms with Crippen LogP contribution in [0.5, 0.6) is 11.5 Å². The standard InChI is InChI=1S/C18H17Cl2NO5/c1-11(2)7-8-25-18(22)14-10-13(4-5-16(14)21(23)24)26-17-6-3-12(19)9-15(17)20/h3-6,9-11H,7-8H2,1-2H3. The Morgan fingerprint density at radius 2 is 1.92 bits per heavy atom. The summed E-state index contributed by atoms with van der Waals surface area (Å²) in [5, 5.41) is 11.9. The number of hydrogen-bond donors (Lipinski definition) is 0. The van der Waals surface area contributed by atoms with E-state index in [-0.39, 0.29) is 28.6 Å². The highest BCUT2D eigenvalue weighted by atomic mass is 35.5. The number of nitro benzene ring substituents is 1.